The second-order valence-electron chi connectivity index (χ2n) is 8.22. The Balaban J connectivity index is 1.69. The topological polar surface area (TPSA) is 67.2 Å². The zero-order valence-electron chi connectivity index (χ0n) is 17.9. The van der Waals surface area contributed by atoms with Gasteiger partial charge >= 0.3 is 6.18 Å². The number of benzene rings is 1. The average Bonchev–Trinajstić information content (AvgIpc) is 2.75. The van der Waals surface area contributed by atoms with Crippen molar-refractivity contribution in [3.05, 3.63) is 40.3 Å². The van der Waals surface area contributed by atoms with Crippen LogP contribution in [0.3, 0.4) is 0 Å². The summed E-state index contributed by atoms with van der Waals surface area (Å²) in [5.74, 6) is -0.494. The molecular weight excluding hydrogens is 409 g/mol. The molecule has 31 heavy (non-hydrogen) atoms. The van der Waals surface area contributed by atoms with E-state index in [2.05, 4.69) is 22.2 Å². The molecule has 170 valence electrons. The quantitative estimate of drug-likeness (QED) is 0.669. The predicted molar refractivity (Wildman–Crippen MR) is 113 cm³/mol. The van der Waals surface area contributed by atoms with Crippen molar-refractivity contribution in [1.29, 1.82) is 0 Å². The first-order chi connectivity index (χ1) is 14.7. The van der Waals surface area contributed by atoms with Crippen molar-refractivity contribution in [3.63, 3.8) is 0 Å². The highest BCUT2D eigenvalue weighted by Gasteiger charge is 2.38. The van der Waals surface area contributed by atoms with Gasteiger partial charge in [0.1, 0.15) is 6.04 Å². The van der Waals surface area contributed by atoms with Crippen LogP contribution < -0.4 is 10.9 Å². The van der Waals surface area contributed by atoms with Crippen molar-refractivity contribution in [2.75, 3.05) is 20.1 Å². The van der Waals surface area contributed by atoms with Crippen molar-refractivity contribution < 1.29 is 18.0 Å². The van der Waals surface area contributed by atoms with E-state index in [0.29, 0.717) is 12.6 Å². The van der Waals surface area contributed by atoms with E-state index < -0.39 is 29.4 Å². The van der Waals surface area contributed by atoms with Gasteiger partial charge in [0, 0.05) is 12.6 Å². The summed E-state index contributed by atoms with van der Waals surface area (Å²) < 4.78 is 40.8. The summed E-state index contributed by atoms with van der Waals surface area (Å²) >= 11 is 0. The van der Waals surface area contributed by atoms with Gasteiger partial charge in [-0.15, -0.1) is 0 Å². The van der Waals surface area contributed by atoms with Gasteiger partial charge in [-0.25, -0.2) is 4.98 Å². The van der Waals surface area contributed by atoms with Crippen LogP contribution in [0.15, 0.2) is 29.1 Å². The Morgan fingerprint density at radius 2 is 1.94 bits per heavy atom. The van der Waals surface area contributed by atoms with E-state index in [1.54, 1.807) is 6.07 Å². The van der Waals surface area contributed by atoms with Gasteiger partial charge in [-0.3, -0.25) is 14.2 Å². The van der Waals surface area contributed by atoms with Gasteiger partial charge in [-0.05, 0) is 51.9 Å². The third-order valence-corrected chi connectivity index (χ3v) is 6.02. The van der Waals surface area contributed by atoms with Crippen LogP contribution in [-0.4, -0.2) is 46.5 Å². The van der Waals surface area contributed by atoms with Crippen molar-refractivity contribution in [3.8, 4) is 0 Å². The highest BCUT2D eigenvalue weighted by Crippen LogP contribution is 2.27. The smallest absolute Gasteiger partial charge is 0.354 e. The molecular formula is C22H29F3N4O2. The fourth-order valence-corrected chi connectivity index (χ4v) is 4.23. The first kappa shape index (κ1) is 23.2. The number of fused-ring (bicyclic) bond motifs is 1. The lowest BCUT2D eigenvalue weighted by Crippen LogP contribution is -2.40. The Bertz CT molecular complexity index is 967. The molecule has 1 amide bonds. The first-order valence-electron chi connectivity index (χ1n) is 10.8. The van der Waals surface area contributed by atoms with Crippen LogP contribution in [0.2, 0.25) is 0 Å². The molecule has 1 aliphatic rings. The van der Waals surface area contributed by atoms with Crippen molar-refractivity contribution >= 4 is 16.9 Å². The Hall–Kier alpha value is -2.42. The number of nitrogens with zero attached hydrogens (tertiary/aromatic N) is 3. The summed E-state index contributed by atoms with van der Waals surface area (Å²) in [7, 11) is 2.09. The Labute approximate surface area is 179 Å². The SMILES string of the molecule is C[C@H](C(=O)NCCCN(C)C1CCCCC1)n1c(=O)c(C(F)(F)F)nc2ccccc21. The van der Waals surface area contributed by atoms with Gasteiger partial charge in [-0.2, -0.15) is 13.2 Å². The predicted octanol–water partition coefficient (Wildman–Crippen LogP) is 3.75. The van der Waals surface area contributed by atoms with Gasteiger partial charge in [0.2, 0.25) is 11.6 Å². The minimum Gasteiger partial charge on any atom is -0.354 e. The van der Waals surface area contributed by atoms with Crippen LogP contribution in [0.5, 0.6) is 0 Å². The minimum absolute atomic E-state index is 0.0168. The van der Waals surface area contributed by atoms with E-state index in [4.69, 9.17) is 0 Å². The van der Waals surface area contributed by atoms with Crippen LogP contribution in [0.4, 0.5) is 13.2 Å². The monoisotopic (exact) mass is 438 g/mol. The third-order valence-electron chi connectivity index (χ3n) is 6.02. The second-order valence-corrected chi connectivity index (χ2v) is 8.22. The molecule has 1 aliphatic carbocycles. The van der Waals surface area contributed by atoms with Gasteiger partial charge in [0.05, 0.1) is 11.0 Å². The molecule has 0 spiro atoms. The summed E-state index contributed by atoms with van der Waals surface area (Å²) in [4.78, 5) is 31.0. The number of rotatable bonds is 7. The van der Waals surface area contributed by atoms with E-state index >= 15 is 0 Å². The van der Waals surface area contributed by atoms with E-state index in [0.717, 1.165) is 17.5 Å². The molecule has 2 aromatic rings. The fraction of sp³-hybridized carbons (Fsp3) is 0.591. The fourth-order valence-electron chi connectivity index (χ4n) is 4.23. The average molecular weight is 438 g/mol. The number of nitrogens with one attached hydrogen (secondary N) is 1. The molecule has 3 rings (SSSR count). The molecule has 0 saturated heterocycles. The second kappa shape index (κ2) is 9.80. The maximum absolute atomic E-state index is 13.3. The van der Waals surface area contributed by atoms with Crippen molar-refractivity contribution in [1.82, 2.24) is 19.8 Å². The molecule has 0 aliphatic heterocycles. The lowest BCUT2D eigenvalue weighted by molar-refractivity contribution is -0.142. The zero-order valence-corrected chi connectivity index (χ0v) is 17.9. The summed E-state index contributed by atoms with van der Waals surface area (Å²) in [5.41, 5.74) is -2.62. The van der Waals surface area contributed by atoms with Gasteiger partial charge < -0.3 is 10.2 Å². The van der Waals surface area contributed by atoms with Gasteiger partial charge in [0.15, 0.2) is 0 Å². The lowest BCUT2D eigenvalue weighted by Gasteiger charge is -2.31. The Morgan fingerprint density at radius 1 is 1.26 bits per heavy atom. The maximum atomic E-state index is 13.3. The molecule has 0 radical (unpaired) electrons. The molecule has 0 unspecified atom stereocenters. The number of halogens is 3. The Morgan fingerprint density at radius 3 is 2.61 bits per heavy atom. The number of hydrogen-bond donors (Lipinski definition) is 1. The molecule has 9 heteroatoms. The number of carbonyl (C=O) groups excluding carboxylic acids is 1. The molecule has 1 atom stereocenters. The number of alkyl halides is 3. The highest BCUT2D eigenvalue weighted by atomic mass is 19.4. The van der Waals surface area contributed by atoms with E-state index in [-0.39, 0.29) is 11.0 Å². The summed E-state index contributed by atoms with van der Waals surface area (Å²) in [6.07, 6.45) is 2.00. The summed E-state index contributed by atoms with van der Waals surface area (Å²) in [6, 6.07) is 5.50. The normalized spacial score (nSPS) is 16.6. The standard InChI is InChI=1S/C22H29F3N4O2/c1-15(20(30)26-13-8-14-28(2)16-9-4-3-5-10-16)29-18-12-7-6-11-17(18)27-19(21(29)31)22(23,24)25/h6-7,11-12,15-16H,3-5,8-10,13-14H2,1-2H3,(H,26,30)/t15-/m1/s1. The number of carbonyl (C=O) groups is 1. The molecule has 1 aromatic heterocycles. The number of para-hydroxylation sites is 2. The maximum Gasteiger partial charge on any atom is 0.438 e. The molecule has 1 saturated carbocycles. The molecule has 6 nitrogen and oxygen atoms in total. The molecule has 1 fully saturated rings. The van der Waals surface area contributed by atoms with Crippen LogP contribution in [0.1, 0.15) is 57.2 Å². The zero-order chi connectivity index (χ0) is 22.6. The minimum atomic E-state index is -4.90. The number of aromatic nitrogens is 2. The molecule has 1 aromatic carbocycles. The van der Waals surface area contributed by atoms with Gasteiger partial charge in [0.25, 0.3) is 5.56 Å². The van der Waals surface area contributed by atoms with Crippen molar-refractivity contribution in [2.24, 2.45) is 0 Å². The van der Waals surface area contributed by atoms with Crippen molar-refractivity contribution in [2.45, 2.75) is 63.7 Å². The summed E-state index contributed by atoms with van der Waals surface area (Å²) in [6.45, 7) is 2.65. The van der Waals surface area contributed by atoms with Crippen LogP contribution in [0, 0.1) is 0 Å². The summed E-state index contributed by atoms with van der Waals surface area (Å²) in [5, 5.41) is 2.76. The van der Waals surface area contributed by atoms with E-state index in [9.17, 15) is 22.8 Å². The van der Waals surface area contributed by atoms with Gasteiger partial charge in [-0.1, -0.05) is 31.4 Å². The number of amides is 1. The molecule has 1 N–H and O–H groups in total. The van der Waals surface area contributed by atoms with E-state index in [1.165, 1.54) is 57.2 Å². The highest BCUT2D eigenvalue weighted by molar-refractivity contribution is 5.83. The largest absolute Gasteiger partial charge is 0.438 e. The van der Waals surface area contributed by atoms with Crippen LogP contribution >= 0.6 is 0 Å². The lowest BCUT2D eigenvalue weighted by atomic mass is 9.94. The Kier molecular flexibility index (Phi) is 7.35. The first-order valence-corrected chi connectivity index (χ1v) is 10.8. The number of hydrogen-bond acceptors (Lipinski definition) is 4. The van der Waals surface area contributed by atoms with Crippen LogP contribution in [-0.2, 0) is 11.0 Å². The molecule has 1 heterocycles. The third kappa shape index (κ3) is 5.44. The van der Waals surface area contributed by atoms with E-state index in [1.807, 2.05) is 0 Å². The van der Waals surface area contributed by atoms with Crippen LogP contribution in [0.25, 0.3) is 11.0 Å². The molecule has 0 bridgehead atoms.